The van der Waals surface area contributed by atoms with Gasteiger partial charge in [-0.2, -0.15) is 5.10 Å². The maximum absolute atomic E-state index is 12.7. The van der Waals surface area contributed by atoms with Crippen LogP contribution in [0.15, 0.2) is 42.7 Å². The van der Waals surface area contributed by atoms with Crippen molar-refractivity contribution in [2.75, 3.05) is 18.4 Å². The smallest absolute Gasteiger partial charge is 0.257 e. The summed E-state index contributed by atoms with van der Waals surface area (Å²) in [5.41, 5.74) is 3.33. The monoisotopic (exact) mass is 379 g/mol. The van der Waals surface area contributed by atoms with Gasteiger partial charge in [0.25, 0.3) is 5.91 Å². The molecule has 3 aromatic rings. The van der Waals surface area contributed by atoms with Gasteiger partial charge in [-0.1, -0.05) is 39.8 Å². The van der Waals surface area contributed by atoms with Crippen LogP contribution in [0.25, 0.3) is 11.0 Å². The van der Waals surface area contributed by atoms with Gasteiger partial charge in [0, 0.05) is 30.4 Å². The summed E-state index contributed by atoms with van der Waals surface area (Å²) in [5, 5.41) is 8.26. The van der Waals surface area contributed by atoms with Crippen LogP contribution in [0.2, 0.25) is 0 Å². The van der Waals surface area contributed by atoms with Crippen LogP contribution in [0.1, 0.15) is 43.6 Å². The average Bonchev–Trinajstić information content (AvgIpc) is 3.07. The van der Waals surface area contributed by atoms with E-state index in [2.05, 4.69) is 54.1 Å². The van der Waals surface area contributed by atoms with Gasteiger partial charge < -0.3 is 5.32 Å². The number of nitrogens with zero attached hydrogens (tertiary/aromatic N) is 4. The third-order valence-electron chi connectivity index (χ3n) is 4.76. The Kier molecular flexibility index (Phi) is 6.41. The first kappa shape index (κ1) is 20.0. The van der Waals surface area contributed by atoms with Crippen molar-refractivity contribution in [3.8, 4) is 0 Å². The molecule has 1 N–H and O–H groups in total. The highest BCUT2D eigenvalue weighted by atomic mass is 16.1. The number of hydrogen-bond acceptors (Lipinski definition) is 4. The Labute approximate surface area is 166 Å². The molecule has 0 aliphatic heterocycles. The Bertz CT molecular complexity index is 943. The number of amides is 1. The Morgan fingerprint density at radius 1 is 1.18 bits per heavy atom. The number of rotatable bonds is 8. The van der Waals surface area contributed by atoms with Crippen LogP contribution < -0.4 is 5.32 Å². The van der Waals surface area contributed by atoms with Crippen molar-refractivity contribution in [2.24, 2.45) is 5.92 Å². The molecule has 0 atom stereocenters. The zero-order valence-electron chi connectivity index (χ0n) is 17.1. The van der Waals surface area contributed by atoms with Gasteiger partial charge in [-0.15, -0.1) is 0 Å². The largest absolute Gasteiger partial charge is 0.322 e. The lowest BCUT2D eigenvalue weighted by atomic mass is 10.1. The van der Waals surface area contributed by atoms with Crippen LogP contribution in [-0.4, -0.2) is 38.7 Å². The highest BCUT2D eigenvalue weighted by Gasteiger charge is 2.12. The van der Waals surface area contributed by atoms with E-state index >= 15 is 0 Å². The van der Waals surface area contributed by atoms with Crippen molar-refractivity contribution >= 4 is 22.6 Å². The van der Waals surface area contributed by atoms with Crippen molar-refractivity contribution in [3.05, 3.63) is 53.9 Å². The summed E-state index contributed by atoms with van der Waals surface area (Å²) >= 11 is 0. The topological polar surface area (TPSA) is 63.1 Å². The average molecular weight is 380 g/mol. The van der Waals surface area contributed by atoms with E-state index in [4.69, 9.17) is 0 Å². The molecular weight excluding hydrogens is 350 g/mol. The van der Waals surface area contributed by atoms with E-state index in [-0.39, 0.29) is 5.91 Å². The molecule has 2 aromatic heterocycles. The fraction of sp³-hybridized carbons (Fsp3) is 0.409. The van der Waals surface area contributed by atoms with E-state index in [1.165, 1.54) is 5.56 Å². The van der Waals surface area contributed by atoms with Crippen molar-refractivity contribution < 1.29 is 4.79 Å². The molecule has 2 heterocycles. The third-order valence-corrected chi connectivity index (χ3v) is 4.76. The van der Waals surface area contributed by atoms with Crippen LogP contribution in [-0.2, 0) is 13.1 Å². The lowest BCUT2D eigenvalue weighted by molar-refractivity contribution is 0.102. The van der Waals surface area contributed by atoms with Gasteiger partial charge in [0.2, 0.25) is 0 Å². The minimum Gasteiger partial charge on any atom is -0.322 e. The molecular formula is C22H29N5O. The Morgan fingerprint density at radius 3 is 2.68 bits per heavy atom. The fourth-order valence-corrected chi connectivity index (χ4v) is 3.23. The van der Waals surface area contributed by atoms with Crippen molar-refractivity contribution in [1.29, 1.82) is 0 Å². The summed E-state index contributed by atoms with van der Waals surface area (Å²) in [7, 11) is 0. The van der Waals surface area contributed by atoms with Gasteiger partial charge in [-0.3, -0.25) is 9.69 Å². The van der Waals surface area contributed by atoms with Gasteiger partial charge in [-0.05, 0) is 42.8 Å². The summed E-state index contributed by atoms with van der Waals surface area (Å²) in [6.45, 7) is 12.3. The first-order valence-electron chi connectivity index (χ1n) is 9.94. The number of hydrogen-bond donors (Lipinski definition) is 1. The predicted molar refractivity (Wildman–Crippen MR) is 113 cm³/mol. The lowest BCUT2D eigenvalue weighted by Crippen LogP contribution is -2.22. The van der Waals surface area contributed by atoms with Crippen LogP contribution in [0.3, 0.4) is 0 Å². The number of fused-ring (bicyclic) bond motifs is 1. The van der Waals surface area contributed by atoms with Crippen LogP contribution >= 0.6 is 0 Å². The molecule has 0 aliphatic carbocycles. The Hall–Kier alpha value is -2.73. The first-order chi connectivity index (χ1) is 13.5. The second-order valence-corrected chi connectivity index (χ2v) is 7.47. The summed E-state index contributed by atoms with van der Waals surface area (Å²) in [6.07, 6.45) is 3.39. The SMILES string of the molecule is CCN(CC)Cc1cccc(NC(=O)c2cnc3c(cnn3CC(C)C)c2)c1. The minimum absolute atomic E-state index is 0.161. The fourth-order valence-electron chi connectivity index (χ4n) is 3.23. The third kappa shape index (κ3) is 4.75. The molecule has 6 heteroatoms. The van der Waals surface area contributed by atoms with Crippen LogP contribution in [0.5, 0.6) is 0 Å². The quantitative estimate of drug-likeness (QED) is 0.638. The van der Waals surface area contributed by atoms with Gasteiger partial charge in [0.1, 0.15) is 0 Å². The molecule has 0 aliphatic rings. The minimum atomic E-state index is -0.161. The molecule has 1 amide bonds. The van der Waals surface area contributed by atoms with Crippen molar-refractivity contribution in [3.63, 3.8) is 0 Å². The van der Waals surface area contributed by atoms with Crippen molar-refractivity contribution in [1.82, 2.24) is 19.7 Å². The standard InChI is InChI=1S/C22H29N5O/c1-5-26(6-2)15-17-8-7-9-20(10-17)25-22(28)19-11-18-13-24-27(14-16(3)4)21(18)23-12-19/h7-13,16H,5-6,14-15H2,1-4H3,(H,25,28). The zero-order chi connectivity index (χ0) is 20.1. The summed E-state index contributed by atoms with van der Waals surface area (Å²) in [6, 6.07) is 9.86. The molecule has 3 rings (SSSR count). The van der Waals surface area contributed by atoms with Gasteiger partial charge in [0.15, 0.2) is 5.65 Å². The highest BCUT2D eigenvalue weighted by Crippen LogP contribution is 2.17. The molecule has 148 valence electrons. The summed E-state index contributed by atoms with van der Waals surface area (Å²) in [4.78, 5) is 19.5. The lowest BCUT2D eigenvalue weighted by Gasteiger charge is -2.18. The summed E-state index contributed by atoms with van der Waals surface area (Å²) < 4.78 is 1.89. The maximum Gasteiger partial charge on any atom is 0.257 e. The Balaban J connectivity index is 1.74. The second-order valence-electron chi connectivity index (χ2n) is 7.47. The van der Waals surface area contributed by atoms with Crippen LogP contribution in [0.4, 0.5) is 5.69 Å². The molecule has 0 saturated heterocycles. The van der Waals surface area contributed by atoms with E-state index < -0.39 is 0 Å². The van der Waals surface area contributed by atoms with Gasteiger partial charge >= 0.3 is 0 Å². The number of aromatic nitrogens is 3. The molecule has 0 saturated carbocycles. The highest BCUT2D eigenvalue weighted by molar-refractivity contribution is 6.05. The van der Waals surface area contributed by atoms with E-state index in [0.29, 0.717) is 11.5 Å². The number of carbonyl (C=O) groups is 1. The first-order valence-corrected chi connectivity index (χ1v) is 9.94. The number of anilines is 1. The zero-order valence-corrected chi connectivity index (χ0v) is 17.1. The molecule has 1 aromatic carbocycles. The normalized spacial score (nSPS) is 11.5. The van der Waals surface area contributed by atoms with E-state index in [9.17, 15) is 4.79 Å². The number of nitrogens with one attached hydrogen (secondary N) is 1. The molecule has 6 nitrogen and oxygen atoms in total. The van der Waals surface area contributed by atoms with E-state index in [1.54, 1.807) is 12.4 Å². The van der Waals surface area contributed by atoms with Gasteiger partial charge in [-0.25, -0.2) is 9.67 Å². The van der Waals surface area contributed by atoms with E-state index in [1.807, 2.05) is 28.9 Å². The van der Waals surface area contributed by atoms with Crippen molar-refractivity contribution in [2.45, 2.75) is 40.8 Å². The number of carbonyl (C=O) groups excluding carboxylic acids is 1. The number of benzene rings is 1. The van der Waals surface area contributed by atoms with Crippen LogP contribution in [0, 0.1) is 5.92 Å². The Morgan fingerprint density at radius 2 is 1.96 bits per heavy atom. The molecule has 0 spiro atoms. The molecule has 0 unspecified atom stereocenters. The molecule has 0 bridgehead atoms. The van der Waals surface area contributed by atoms with E-state index in [0.717, 1.165) is 42.9 Å². The molecule has 28 heavy (non-hydrogen) atoms. The summed E-state index contributed by atoms with van der Waals surface area (Å²) in [5.74, 6) is 0.322. The number of pyridine rings is 1. The maximum atomic E-state index is 12.7. The second kappa shape index (κ2) is 8.97. The molecule has 0 radical (unpaired) electrons. The predicted octanol–water partition coefficient (Wildman–Crippen LogP) is 4.18. The van der Waals surface area contributed by atoms with Gasteiger partial charge in [0.05, 0.1) is 11.8 Å². The molecule has 0 fully saturated rings.